The second kappa shape index (κ2) is 69.3. The molecular weight excluding hydrogens is 1020 g/mol. The molecule has 1 atom stereocenters. The Morgan fingerprint density at radius 3 is 0.783 bits per heavy atom. The van der Waals surface area contributed by atoms with E-state index in [1.165, 1.54) is 96.3 Å². The molecular formula is C77H122O6. The Labute approximate surface area is 511 Å². The Morgan fingerprint density at radius 2 is 0.482 bits per heavy atom. The average molecular weight is 1140 g/mol. The van der Waals surface area contributed by atoms with Crippen molar-refractivity contribution in [1.82, 2.24) is 0 Å². The monoisotopic (exact) mass is 1140 g/mol. The van der Waals surface area contributed by atoms with Crippen LogP contribution in [0.15, 0.2) is 170 Å². The first-order valence-corrected chi connectivity index (χ1v) is 33.6. The summed E-state index contributed by atoms with van der Waals surface area (Å²) in [6.45, 7) is 6.21. The molecule has 0 saturated carbocycles. The molecule has 0 rings (SSSR count). The number of carbonyl (C=O) groups is 3. The van der Waals surface area contributed by atoms with Gasteiger partial charge in [0.15, 0.2) is 6.10 Å². The van der Waals surface area contributed by atoms with Crippen LogP contribution in [0.2, 0.25) is 0 Å². The van der Waals surface area contributed by atoms with Gasteiger partial charge in [-0.15, -0.1) is 0 Å². The highest BCUT2D eigenvalue weighted by molar-refractivity contribution is 5.72. The van der Waals surface area contributed by atoms with Crippen molar-refractivity contribution in [1.29, 1.82) is 0 Å². The molecule has 0 saturated heterocycles. The van der Waals surface area contributed by atoms with Crippen molar-refractivity contribution in [2.24, 2.45) is 0 Å². The van der Waals surface area contributed by atoms with Gasteiger partial charge >= 0.3 is 17.9 Å². The maximum atomic E-state index is 12.9. The van der Waals surface area contributed by atoms with Crippen LogP contribution in [0.5, 0.6) is 0 Å². The summed E-state index contributed by atoms with van der Waals surface area (Å²) in [4.78, 5) is 38.3. The second-order valence-electron chi connectivity index (χ2n) is 21.6. The summed E-state index contributed by atoms with van der Waals surface area (Å²) in [5.41, 5.74) is 0. The van der Waals surface area contributed by atoms with Crippen LogP contribution in [0.4, 0.5) is 0 Å². The number of allylic oxidation sites excluding steroid dienone is 27. The van der Waals surface area contributed by atoms with Crippen molar-refractivity contribution in [3.63, 3.8) is 0 Å². The summed E-state index contributed by atoms with van der Waals surface area (Å²) in [6.07, 6.45) is 103. The van der Waals surface area contributed by atoms with Crippen molar-refractivity contribution in [2.45, 2.75) is 284 Å². The summed E-state index contributed by atoms with van der Waals surface area (Å²) < 4.78 is 16.8. The fourth-order valence-electron chi connectivity index (χ4n) is 8.83. The molecule has 6 nitrogen and oxygen atoms in total. The predicted molar refractivity (Wildman–Crippen MR) is 361 cm³/mol. The number of hydrogen-bond acceptors (Lipinski definition) is 6. The molecule has 0 heterocycles. The van der Waals surface area contributed by atoms with Crippen molar-refractivity contribution in [3.8, 4) is 0 Å². The highest BCUT2D eigenvalue weighted by Crippen LogP contribution is 2.16. The van der Waals surface area contributed by atoms with Crippen LogP contribution >= 0.6 is 0 Å². The lowest BCUT2D eigenvalue weighted by atomic mass is 10.0. The van der Waals surface area contributed by atoms with Gasteiger partial charge in [-0.3, -0.25) is 14.4 Å². The predicted octanol–water partition coefficient (Wildman–Crippen LogP) is 23.4. The van der Waals surface area contributed by atoms with E-state index in [-0.39, 0.29) is 38.0 Å². The summed E-state index contributed by atoms with van der Waals surface area (Å²) in [5.74, 6) is -1.07. The molecule has 0 aliphatic rings. The average Bonchev–Trinajstić information content (AvgIpc) is 3.49. The van der Waals surface area contributed by atoms with Crippen LogP contribution in [0.1, 0.15) is 278 Å². The van der Waals surface area contributed by atoms with Gasteiger partial charge in [0, 0.05) is 12.8 Å². The summed E-state index contributed by atoms with van der Waals surface area (Å²) in [6, 6.07) is 0. The van der Waals surface area contributed by atoms with Gasteiger partial charge in [0.2, 0.25) is 0 Å². The molecule has 0 aromatic rings. The van der Waals surface area contributed by atoms with Gasteiger partial charge in [-0.05, 0) is 128 Å². The van der Waals surface area contributed by atoms with Gasteiger partial charge in [0.25, 0.3) is 0 Å². The normalized spacial score (nSPS) is 13.2. The van der Waals surface area contributed by atoms with Gasteiger partial charge in [0.1, 0.15) is 13.2 Å². The lowest BCUT2D eigenvalue weighted by molar-refractivity contribution is -0.166. The fourth-order valence-corrected chi connectivity index (χ4v) is 8.83. The molecule has 0 amide bonds. The van der Waals surface area contributed by atoms with E-state index < -0.39 is 12.1 Å². The summed E-state index contributed by atoms with van der Waals surface area (Å²) in [7, 11) is 0. The Balaban J connectivity index is 4.43. The minimum absolute atomic E-state index is 0.117. The Hall–Kier alpha value is -5.23. The lowest BCUT2D eigenvalue weighted by Gasteiger charge is -2.18. The number of unbranched alkanes of at least 4 members (excludes halogenated alkanes) is 21. The molecule has 0 aromatic heterocycles. The number of carbonyl (C=O) groups excluding carboxylic acids is 3. The summed E-state index contributed by atoms with van der Waals surface area (Å²) >= 11 is 0. The smallest absolute Gasteiger partial charge is 0.309 e. The Morgan fingerprint density at radius 1 is 0.253 bits per heavy atom. The van der Waals surface area contributed by atoms with E-state index in [1.807, 2.05) is 6.08 Å². The van der Waals surface area contributed by atoms with E-state index in [0.29, 0.717) is 6.42 Å². The Kier molecular flexibility index (Phi) is 64.9. The maximum absolute atomic E-state index is 12.9. The number of rotatable bonds is 59. The van der Waals surface area contributed by atoms with E-state index in [4.69, 9.17) is 14.2 Å². The van der Waals surface area contributed by atoms with Crippen LogP contribution in [-0.4, -0.2) is 37.2 Å². The van der Waals surface area contributed by atoms with Crippen molar-refractivity contribution >= 4 is 17.9 Å². The first-order chi connectivity index (χ1) is 41.0. The fraction of sp³-hybridized carbons (Fsp3) is 0.597. The van der Waals surface area contributed by atoms with Gasteiger partial charge < -0.3 is 14.2 Å². The van der Waals surface area contributed by atoms with Crippen LogP contribution in [0.25, 0.3) is 0 Å². The highest BCUT2D eigenvalue weighted by atomic mass is 16.6. The molecule has 0 aliphatic heterocycles. The zero-order chi connectivity index (χ0) is 59.9. The molecule has 0 aromatic carbocycles. The third-order valence-electron chi connectivity index (χ3n) is 13.7. The van der Waals surface area contributed by atoms with E-state index in [1.54, 1.807) is 6.08 Å². The maximum Gasteiger partial charge on any atom is 0.309 e. The van der Waals surface area contributed by atoms with Crippen LogP contribution in [0.3, 0.4) is 0 Å². The number of hydrogen-bond donors (Lipinski definition) is 0. The SMILES string of the molecule is CC/C=C\C/C=C\C/C=C\C/C=C\C/C=C\CCCCCCCCCC(=O)OC(COC(=O)C/C=C\C/C=C\C/C=C\C/C=C\C/C=C\CC)COC(=O)CCCCCCCCCCCCCCCC/C=C\C/C=C\C/C=C\C/C=C\CC. The molecule has 0 aliphatic carbocycles. The van der Waals surface area contributed by atoms with Crippen LogP contribution in [-0.2, 0) is 28.6 Å². The second-order valence-corrected chi connectivity index (χ2v) is 21.6. The number of ether oxygens (including phenoxy) is 3. The van der Waals surface area contributed by atoms with Crippen molar-refractivity contribution < 1.29 is 28.6 Å². The van der Waals surface area contributed by atoms with Gasteiger partial charge in [0.05, 0.1) is 6.42 Å². The minimum Gasteiger partial charge on any atom is -0.462 e. The highest BCUT2D eigenvalue weighted by Gasteiger charge is 2.19. The Bertz CT molecular complexity index is 1890. The standard InChI is InChI=1S/C77H122O6/c1-4-7-10-13-16-19-22-25-28-30-32-34-36-37-38-39-41-42-44-46-49-52-55-58-61-64-67-70-76(79)82-73-74(72-81-75(78)69-66-63-60-57-54-51-48-27-24-21-18-15-12-9-6-3)83-77(80)71-68-65-62-59-56-53-50-47-45-43-40-35-33-31-29-26-23-20-17-14-11-8-5-2/h7-12,16-21,25-29,32-35,43,45,48,54,57,63,66,74H,4-6,13-15,22-24,30-31,36-42,44,46-47,49-53,55-56,58-62,64-65,67-73H2,1-3H3/b10-7-,11-8-,12-9-,19-16-,20-17-,21-18-,28-25-,29-26-,34-32-,35-33-,45-43-,48-27-,57-54-,66-63-. The van der Waals surface area contributed by atoms with E-state index >= 15 is 0 Å². The number of esters is 3. The van der Waals surface area contributed by atoms with Crippen LogP contribution in [0, 0.1) is 0 Å². The first kappa shape index (κ1) is 77.8. The van der Waals surface area contributed by atoms with Crippen molar-refractivity contribution in [2.75, 3.05) is 13.2 Å². The molecule has 0 radical (unpaired) electrons. The van der Waals surface area contributed by atoms with E-state index in [2.05, 4.69) is 179 Å². The first-order valence-electron chi connectivity index (χ1n) is 33.6. The third-order valence-corrected chi connectivity index (χ3v) is 13.7. The molecule has 0 fully saturated rings. The summed E-state index contributed by atoms with van der Waals surface area (Å²) in [5, 5.41) is 0. The lowest BCUT2D eigenvalue weighted by Crippen LogP contribution is -2.30. The zero-order valence-corrected chi connectivity index (χ0v) is 53.4. The topological polar surface area (TPSA) is 78.9 Å². The zero-order valence-electron chi connectivity index (χ0n) is 53.4. The van der Waals surface area contributed by atoms with Crippen molar-refractivity contribution in [3.05, 3.63) is 170 Å². The van der Waals surface area contributed by atoms with Gasteiger partial charge in [-0.25, -0.2) is 0 Å². The van der Waals surface area contributed by atoms with Crippen LogP contribution < -0.4 is 0 Å². The molecule has 6 heteroatoms. The molecule has 0 bridgehead atoms. The molecule has 0 spiro atoms. The van der Waals surface area contributed by atoms with E-state index in [0.717, 1.165) is 141 Å². The third kappa shape index (κ3) is 67.4. The van der Waals surface area contributed by atoms with Gasteiger partial charge in [-0.2, -0.15) is 0 Å². The largest absolute Gasteiger partial charge is 0.462 e. The van der Waals surface area contributed by atoms with Gasteiger partial charge in [-0.1, -0.05) is 300 Å². The molecule has 1 unspecified atom stereocenters. The molecule has 466 valence electrons. The molecule has 83 heavy (non-hydrogen) atoms. The van der Waals surface area contributed by atoms with E-state index in [9.17, 15) is 14.4 Å². The molecule has 0 N–H and O–H groups in total. The minimum atomic E-state index is -0.834. The quantitative estimate of drug-likeness (QED) is 0.0261.